The molecule has 0 spiro atoms. The van der Waals surface area contributed by atoms with E-state index in [-0.39, 0.29) is 0 Å². The summed E-state index contributed by atoms with van der Waals surface area (Å²) in [5, 5.41) is 3.24. The van der Waals surface area contributed by atoms with Gasteiger partial charge >= 0.3 is 0 Å². The number of alkyl halides is 1. The standard InChI is InChI=1S/C8H16IN/c1-5(2)7-6(4-10-3)8(7)9/h5-8,10H,4H2,1-3H3. The van der Waals surface area contributed by atoms with Gasteiger partial charge in [-0.15, -0.1) is 0 Å². The van der Waals surface area contributed by atoms with Crippen molar-refractivity contribution >= 4 is 22.6 Å². The lowest BCUT2D eigenvalue weighted by molar-refractivity contribution is 0.509. The smallest absolute Gasteiger partial charge is 0.0187 e. The van der Waals surface area contributed by atoms with Gasteiger partial charge in [0, 0.05) is 3.92 Å². The van der Waals surface area contributed by atoms with Crippen molar-refractivity contribution in [3.8, 4) is 0 Å². The van der Waals surface area contributed by atoms with Crippen molar-refractivity contribution in [1.82, 2.24) is 5.32 Å². The van der Waals surface area contributed by atoms with Crippen LogP contribution in [0.2, 0.25) is 0 Å². The maximum Gasteiger partial charge on any atom is 0.0187 e. The van der Waals surface area contributed by atoms with E-state index in [1.165, 1.54) is 6.54 Å². The molecule has 0 aromatic carbocycles. The molecule has 0 radical (unpaired) electrons. The van der Waals surface area contributed by atoms with E-state index in [0.29, 0.717) is 0 Å². The quantitative estimate of drug-likeness (QED) is 0.598. The molecule has 0 aromatic heterocycles. The highest BCUT2D eigenvalue weighted by Crippen LogP contribution is 2.49. The van der Waals surface area contributed by atoms with Crippen LogP contribution in [-0.2, 0) is 0 Å². The highest BCUT2D eigenvalue weighted by molar-refractivity contribution is 14.1. The zero-order chi connectivity index (χ0) is 7.72. The molecule has 1 rings (SSSR count). The van der Waals surface area contributed by atoms with Crippen LogP contribution in [0, 0.1) is 17.8 Å². The van der Waals surface area contributed by atoms with Gasteiger partial charge in [0.1, 0.15) is 0 Å². The van der Waals surface area contributed by atoms with Gasteiger partial charge in [-0.05, 0) is 31.3 Å². The third-order valence-electron chi connectivity index (χ3n) is 2.34. The van der Waals surface area contributed by atoms with E-state index in [4.69, 9.17) is 0 Å². The first-order valence-electron chi connectivity index (χ1n) is 3.97. The van der Waals surface area contributed by atoms with E-state index in [1.807, 2.05) is 7.05 Å². The molecule has 2 heteroatoms. The van der Waals surface area contributed by atoms with Crippen LogP contribution in [0.5, 0.6) is 0 Å². The molecule has 0 amide bonds. The minimum Gasteiger partial charge on any atom is -0.319 e. The summed E-state index contributed by atoms with van der Waals surface area (Å²) < 4.78 is 0.935. The Morgan fingerprint density at radius 3 is 2.40 bits per heavy atom. The molecular weight excluding hydrogens is 237 g/mol. The SMILES string of the molecule is CNCC1C(I)C1C(C)C. The highest BCUT2D eigenvalue weighted by atomic mass is 127. The molecule has 3 unspecified atom stereocenters. The molecule has 3 atom stereocenters. The summed E-state index contributed by atoms with van der Waals surface area (Å²) in [4.78, 5) is 0. The fourth-order valence-electron chi connectivity index (χ4n) is 1.70. The highest BCUT2D eigenvalue weighted by Gasteiger charge is 2.48. The molecule has 1 aliphatic rings. The average molecular weight is 253 g/mol. The molecule has 0 aromatic rings. The van der Waals surface area contributed by atoms with Crippen LogP contribution < -0.4 is 5.32 Å². The zero-order valence-electron chi connectivity index (χ0n) is 6.89. The summed E-state index contributed by atoms with van der Waals surface area (Å²) in [5.41, 5.74) is 0. The molecule has 1 N–H and O–H groups in total. The topological polar surface area (TPSA) is 12.0 Å². The van der Waals surface area contributed by atoms with Gasteiger partial charge in [0.2, 0.25) is 0 Å². The maximum atomic E-state index is 3.24. The molecule has 0 bridgehead atoms. The average Bonchev–Trinajstić information content (AvgIpc) is 2.43. The first-order valence-corrected chi connectivity index (χ1v) is 5.21. The van der Waals surface area contributed by atoms with Gasteiger partial charge in [-0.3, -0.25) is 0 Å². The molecule has 0 aliphatic heterocycles. The van der Waals surface area contributed by atoms with E-state index >= 15 is 0 Å². The number of halogens is 1. The first kappa shape index (κ1) is 8.78. The molecular formula is C8H16IN. The van der Waals surface area contributed by atoms with Crippen molar-refractivity contribution in [3.63, 3.8) is 0 Å². The minimum atomic E-state index is 0.875. The van der Waals surface area contributed by atoms with Crippen LogP contribution in [0.4, 0.5) is 0 Å². The van der Waals surface area contributed by atoms with Gasteiger partial charge in [-0.1, -0.05) is 36.4 Å². The monoisotopic (exact) mass is 253 g/mol. The molecule has 1 saturated carbocycles. The van der Waals surface area contributed by atoms with Crippen LogP contribution >= 0.6 is 22.6 Å². The zero-order valence-corrected chi connectivity index (χ0v) is 9.05. The normalized spacial score (nSPS) is 38.7. The molecule has 10 heavy (non-hydrogen) atoms. The van der Waals surface area contributed by atoms with Crippen molar-refractivity contribution in [2.45, 2.75) is 17.8 Å². The third-order valence-corrected chi connectivity index (χ3v) is 4.09. The van der Waals surface area contributed by atoms with Crippen molar-refractivity contribution < 1.29 is 0 Å². The van der Waals surface area contributed by atoms with E-state index in [1.54, 1.807) is 0 Å². The van der Waals surface area contributed by atoms with E-state index in [9.17, 15) is 0 Å². The molecule has 1 aliphatic carbocycles. The van der Waals surface area contributed by atoms with Gasteiger partial charge in [0.15, 0.2) is 0 Å². The van der Waals surface area contributed by atoms with Crippen molar-refractivity contribution in [3.05, 3.63) is 0 Å². The summed E-state index contributed by atoms with van der Waals surface area (Å²) in [6, 6.07) is 0. The Morgan fingerprint density at radius 2 is 2.10 bits per heavy atom. The van der Waals surface area contributed by atoms with Crippen LogP contribution in [0.1, 0.15) is 13.8 Å². The first-order chi connectivity index (χ1) is 4.68. The Kier molecular flexibility index (Phi) is 2.98. The predicted octanol–water partition coefficient (Wildman–Crippen LogP) is 1.91. The largest absolute Gasteiger partial charge is 0.319 e. The van der Waals surface area contributed by atoms with Crippen LogP contribution in [0.15, 0.2) is 0 Å². The molecule has 1 fully saturated rings. The number of hydrogen-bond acceptors (Lipinski definition) is 1. The second-order valence-electron chi connectivity index (χ2n) is 3.49. The van der Waals surface area contributed by atoms with Gasteiger partial charge < -0.3 is 5.32 Å². The second-order valence-corrected chi connectivity index (χ2v) is 4.93. The molecule has 60 valence electrons. The van der Waals surface area contributed by atoms with E-state index in [2.05, 4.69) is 41.8 Å². The van der Waals surface area contributed by atoms with Gasteiger partial charge in [-0.2, -0.15) is 0 Å². The Balaban J connectivity index is 2.27. The lowest BCUT2D eigenvalue weighted by Gasteiger charge is -2.00. The number of hydrogen-bond donors (Lipinski definition) is 1. The summed E-state index contributed by atoms with van der Waals surface area (Å²) >= 11 is 2.58. The van der Waals surface area contributed by atoms with Crippen LogP contribution in [0.25, 0.3) is 0 Å². The van der Waals surface area contributed by atoms with Crippen LogP contribution in [0.3, 0.4) is 0 Å². The van der Waals surface area contributed by atoms with Crippen molar-refractivity contribution in [1.29, 1.82) is 0 Å². The third kappa shape index (κ3) is 1.64. The molecule has 1 nitrogen and oxygen atoms in total. The second kappa shape index (κ2) is 3.39. The Labute approximate surface area is 77.1 Å². The van der Waals surface area contributed by atoms with E-state index in [0.717, 1.165) is 21.7 Å². The van der Waals surface area contributed by atoms with Crippen LogP contribution in [-0.4, -0.2) is 17.5 Å². The Bertz CT molecular complexity index is 114. The number of rotatable bonds is 3. The predicted molar refractivity (Wildman–Crippen MR) is 53.6 cm³/mol. The maximum absolute atomic E-state index is 3.24. The minimum absolute atomic E-state index is 0.875. The Morgan fingerprint density at radius 1 is 1.50 bits per heavy atom. The van der Waals surface area contributed by atoms with Gasteiger partial charge in [0.05, 0.1) is 0 Å². The fraction of sp³-hybridized carbons (Fsp3) is 1.00. The Hall–Kier alpha value is 0.690. The summed E-state index contributed by atoms with van der Waals surface area (Å²) in [6.45, 7) is 5.86. The van der Waals surface area contributed by atoms with E-state index < -0.39 is 0 Å². The van der Waals surface area contributed by atoms with Crippen molar-refractivity contribution in [2.24, 2.45) is 17.8 Å². The van der Waals surface area contributed by atoms with Gasteiger partial charge in [0.25, 0.3) is 0 Å². The fourth-order valence-corrected chi connectivity index (χ4v) is 3.56. The summed E-state index contributed by atoms with van der Waals surface area (Å²) in [7, 11) is 2.04. The van der Waals surface area contributed by atoms with Gasteiger partial charge in [-0.25, -0.2) is 0 Å². The lowest BCUT2D eigenvalue weighted by atomic mass is 10.1. The lowest BCUT2D eigenvalue weighted by Crippen LogP contribution is -2.12. The summed E-state index contributed by atoms with van der Waals surface area (Å²) in [5.74, 6) is 2.80. The summed E-state index contributed by atoms with van der Waals surface area (Å²) in [6.07, 6.45) is 0. The molecule has 0 saturated heterocycles. The molecule has 0 heterocycles. The van der Waals surface area contributed by atoms with Crippen molar-refractivity contribution in [2.75, 3.05) is 13.6 Å². The number of nitrogens with one attached hydrogen (secondary N) is 1.